The van der Waals surface area contributed by atoms with Crippen LogP contribution < -0.4 is 0 Å². The number of benzene rings is 2. The molecule has 1 fully saturated rings. The Balaban J connectivity index is 1.50. The highest BCUT2D eigenvalue weighted by molar-refractivity contribution is 5.49. The van der Waals surface area contributed by atoms with Gasteiger partial charge in [0.25, 0.3) is 0 Å². The monoisotopic (exact) mass is 360 g/mol. The number of rotatable bonds is 8. The summed E-state index contributed by atoms with van der Waals surface area (Å²) >= 11 is 0. The maximum absolute atomic E-state index is 5.66. The van der Waals surface area contributed by atoms with Crippen molar-refractivity contribution in [3.05, 3.63) is 89.5 Å². The molecule has 1 nitrogen and oxygen atoms in total. The first-order valence-corrected chi connectivity index (χ1v) is 10.3. The van der Waals surface area contributed by atoms with Crippen LogP contribution in [0.2, 0.25) is 0 Å². The summed E-state index contributed by atoms with van der Waals surface area (Å²) in [4.78, 5) is 0. The van der Waals surface area contributed by atoms with Crippen molar-refractivity contribution in [2.45, 2.75) is 57.5 Å². The van der Waals surface area contributed by atoms with Crippen molar-refractivity contribution < 1.29 is 4.74 Å². The summed E-state index contributed by atoms with van der Waals surface area (Å²) in [5, 5.41) is 0. The zero-order chi connectivity index (χ0) is 18.9. The predicted molar refractivity (Wildman–Crippen MR) is 116 cm³/mol. The number of hydrogen-bond donors (Lipinski definition) is 0. The molecule has 0 unspecified atom stereocenters. The van der Waals surface area contributed by atoms with Crippen LogP contribution in [0.5, 0.6) is 0 Å². The van der Waals surface area contributed by atoms with Crippen molar-refractivity contribution >= 4 is 6.08 Å². The molecule has 1 heteroatoms. The molecule has 0 N–H and O–H groups in total. The van der Waals surface area contributed by atoms with E-state index in [9.17, 15) is 0 Å². The molecule has 0 radical (unpaired) electrons. The van der Waals surface area contributed by atoms with Crippen LogP contribution in [0.15, 0.2) is 67.3 Å². The molecule has 0 atom stereocenters. The largest absolute Gasteiger partial charge is 0.376 e. The smallest absolute Gasteiger partial charge is 0.0717 e. The molecule has 0 aliphatic heterocycles. The summed E-state index contributed by atoms with van der Waals surface area (Å²) in [5.41, 5.74) is 5.56. The van der Waals surface area contributed by atoms with Gasteiger partial charge in [0, 0.05) is 0 Å². The van der Waals surface area contributed by atoms with E-state index in [1.165, 1.54) is 47.9 Å². The van der Waals surface area contributed by atoms with Crippen LogP contribution >= 0.6 is 0 Å². The molecular formula is C26H32O. The molecule has 0 amide bonds. The lowest BCUT2D eigenvalue weighted by molar-refractivity contribution is 0.125. The summed E-state index contributed by atoms with van der Waals surface area (Å²) in [5.74, 6) is 1.43. The minimum absolute atomic E-state index is 0.698. The Kier molecular flexibility index (Phi) is 7.47. The summed E-state index contributed by atoms with van der Waals surface area (Å²) < 4.78 is 5.66. The molecule has 0 saturated heterocycles. The van der Waals surface area contributed by atoms with Crippen molar-refractivity contribution in [3.63, 3.8) is 0 Å². The minimum Gasteiger partial charge on any atom is -0.376 e. The van der Waals surface area contributed by atoms with E-state index >= 15 is 0 Å². The van der Waals surface area contributed by atoms with E-state index in [0.29, 0.717) is 12.5 Å². The van der Waals surface area contributed by atoms with Crippen LogP contribution in [0.25, 0.3) is 6.08 Å². The van der Waals surface area contributed by atoms with Crippen LogP contribution in [-0.4, -0.2) is 6.61 Å². The van der Waals surface area contributed by atoms with E-state index in [1.807, 2.05) is 6.08 Å². The fourth-order valence-corrected chi connectivity index (χ4v) is 4.07. The summed E-state index contributed by atoms with van der Waals surface area (Å²) in [6.45, 7) is 7.24. The van der Waals surface area contributed by atoms with E-state index in [-0.39, 0.29) is 0 Å². The first-order chi connectivity index (χ1) is 13.3. The molecule has 0 heterocycles. The van der Waals surface area contributed by atoms with Crippen LogP contribution in [-0.2, 0) is 11.3 Å². The Morgan fingerprint density at radius 2 is 1.44 bits per heavy atom. The number of hydrogen-bond acceptors (Lipinski definition) is 1. The van der Waals surface area contributed by atoms with Gasteiger partial charge in [0.2, 0.25) is 0 Å². The summed E-state index contributed by atoms with van der Waals surface area (Å²) in [6, 6.07) is 18.2. The normalized spacial score (nSPS) is 20.0. The molecule has 1 saturated carbocycles. The second-order valence-corrected chi connectivity index (χ2v) is 7.59. The van der Waals surface area contributed by atoms with Crippen LogP contribution in [0, 0.1) is 0 Å². The lowest BCUT2D eigenvalue weighted by atomic mass is 9.76. The average Bonchev–Trinajstić information content (AvgIpc) is 2.73. The standard InChI is InChI=1S/C26H32O/c1-3-5-19-27-20-22-9-13-24(14-10-22)26-17-15-25(16-18-26)23-11-7-21(6-4-2)8-12-23/h3-4,6-14,25-26H,1,5,15-20H2,2H3. The molecule has 3 rings (SSSR count). The van der Waals surface area contributed by atoms with Gasteiger partial charge in [-0.25, -0.2) is 0 Å². The molecule has 27 heavy (non-hydrogen) atoms. The van der Waals surface area contributed by atoms with Crippen molar-refractivity contribution in [3.8, 4) is 0 Å². The molecule has 142 valence electrons. The fourth-order valence-electron chi connectivity index (χ4n) is 4.07. The molecule has 0 aromatic heterocycles. The van der Waals surface area contributed by atoms with Gasteiger partial charge in [0.15, 0.2) is 0 Å². The Morgan fingerprint density at radius 3 is 1.96 bits per heavy atom. The third-order valence-corrected chi connectivity index (χ3v) is 5.68. The molecular weight excluding hydrogens is 328 g/mol. The van der Waals surface area contributed by atoms with Crippen LogP contribution in [0.3, 0.4) is 0 Å². The van der Waals surface area contributed by atoms with Crippen LogP contribution in [0.4, 0.5) is 0 Å². The van der Waals surface area contributed by atoms with Gasteiger partial charge in [0.05, 0.1) is 13.2 Å². The number of allylic oxidation sites excluding steroid dienone is 1. The second-order valence-electron chi connectivity index (χ2n) is 7.59. The third-order valence-electron chi connectivity index (χ3n) is 5.68. The highest BCUT2D eigenvalue weighted by atomic mass is 16.5. The first-order valence-electron chi connectivity index (χ1n) is 10.3. The lowest BCUT2D eigenvalue weighted by Crippen LogP contribution is -2.12. The van der Waals surface area contributed by atoms with Crippen molar-refractivity contribution in [2.75, 3.05) is 6.61 Å². The van der Waals surface area contributed by atoms with E-state index in [2.05, 4.69) is 74.2 Å². The maximum atomic E-state index is 5.66. The van der Waals surface area contributed by atoms with Gasteiger partial charge in [-0.3, -0.25) is 0 Å². The third kappa shape index (κ3) is 5.68. The van der Waals surface area contributed by atoms with Gasteiger partial charge in [0.1, 0.15) is 0 Å². The summed E-state index contributed by atoms with van der Waals surface area (Å²) in [6.07, 6.45) is 12.2. The highest BCUT2D eigenvalue weighted by Gasteiger charge is 2.23. The quantitative estimate of drug-likeness (QED) is 0.356. The van der Waals surface area contributed by atoms with Gasteiger partial charge in [-0.05, 0) is 73.1 Å². The molecule has 1 aliphatic carbocycles. The van der Waals surface area contributed by atoms with Gasteiger partial charge >= 0.3 is 0 Å². The SMILES string of the molecule is C=CCCOCc1ccc(C2CCC(c3ccc(C=CC)cc3)CC2)cc1. The van der Waals surface area contributed by atoms with Gasteiger partial charge in [-0.15, -0.1) is 6.58 Å². The maximum Gasteiger partial charge on any atom is 0.0717 e. The Morgan fingerprint density at radius 1 is 0.889 bits per heavy atom. The fraction of sp³-hybridized carbons (Fsp3) is 0.385. The van der Waals surface area contributed by atoms with Crippen molar-refractivity contribution in [1.82, 2.24) is 0 Å². The van der Waals surface area contributed by atoms with E-state index < -0.39 is 0 Å². The highest BCUT2D eigenvalue weighted by Crippen LogP contribution is 2.40. The molecule has 2 aromatic rings. The molecule has 0 bridgehead atoms. The summed E-state index contributed by atoms with van der Waals surface area (Å²) in [7, 11) is 0. The van der Waals surface area contributed by atoms with Crippen molar-refractivity contribution in [2.24, 2.45) is 0 Å². The number of ether oxygens (including phenoxy) is 1. The minimum atomic E-state index is 0.698. The van der Waals surface area contributed by atoms with Gasteiger partial charge in [-0.2, -0.15) is 0 Å². The average molecular weight is 361 g/mol. The molecule has 2 aromatic carbocycles. The van der Waals surface area contributed by atoms with Crippen molar-refractivity contribution in [1.29, 1.82) is 0 Å². The second kappa shape index (κ2) is 10.3. The topological polar surface area (TPSA) is 9.23 Å². The molecule has 1 aliphatic rings. The molecule has 0 spiro atoms. The Hall–Kier alpha value is -2.12. The Labute approximate surface area is 164 Å². The van der Waals surface area contributed by atoms with E-state index in [1.54, 1.807) is 0 Å². The first kappa shape index (κ1) is 19.6. The zero-order valence-corrected chi connectivity index (χ0v) is 16.6. The predicted octanol–water partition coefficient (Wildman–Crippen LogP) is 7.25. The van der Waals surface area contributed by atoms with E-state index in [4.69, 9.17) is 4.74 Å². The van der Waals surface area contributed by atoms with Gasteiger partial charge in [-0.1, -0.05) is 66.8 Å². The van der Waals surface area contributed by atoms with E-state index in [0.717, 1.165) is 18.9 Å². The Bertz CT molecular complexity index is 716. The van der Waals surface area contributed by atoms with Gasteiger partial charge < -0.3 is 4.74 Å². The lowest BCUT2D eigenvalue weighted by Gasteiger charge is -2.29. The zero-order valence-electron chi connectivity index (χ0n) is 16.6. The van der Waals surface area contributed by atoms with Crippen LogP contribution in [0.1, 0.15) is 73.1 Å².